The zero-order valence-electron chi connectivity index (χ0n) is 9.45. The minimum Gasteiger partial charge on any atom is -0.351 e. The van der Waals surface area contributed by atoms with Gasteiger partial charge in [-0.05, 0) is 12.3 Å². The average Bonchev–Trinajstić information content (AvgIpc) is 2.13. The van der Waals surface area contributed by atoms with Crippen molar-refractivity contribution in [1.29, 1.82) is 0 Å². The lowest BCUT2D eigenvalue weighted by Crippen LogP contribution is -2.41. The van der Waals surface area contributed by atoms with E-state index in [1.54, 1.807) is 6.08 Å². The highest BCUT2D eigenvalue weighted by Crippen LogP contribution is 2.21. The van der Waals surface area contributed by atoms with Crippen LogP contribution in [0.4, 0.5) is 4.79 Å². The van der Waals surface area contributed by atoms with Gasteiger partial charge in [-0.2, -0.15) is 0 Å². The predicted octanol–water partition coefficient (Wildman–Crippen LogP) is 1.81. The van der Waals surface area contributed by atoms with Crippen LogP contribution in [0.1, 0.15) is 33.1 Å². The predicted molar refractivity (Wildman–Crippen MR) is 60.1 cm³/mol. The number of primary amides is 1. The van der Waals surface area contributed by atoms with Gasteiger partial charge in [0.05, 0.1) is 0 Å². The average molecular weight is 212 g/mol. The Balaban J connectivity index is 4.41. The van der Waals surface area contributed by atoms with Crippen LogP contribution in [0.25, 0.3) is 0 Å². The van der Waals surface area contributed by atoms with Gasteiger partial charge in [-0.25, -0.2) is 4.79 Å². The summed E-state index contributed by atoms with van der Waals surface area (Å²) in [5, 5.41) is 2.12. The molecular weight excluding hydrogens is 192 g/mol. The lowest BCUT2D eigenvalue weighted by atomic mass is 9.87. The molecule has 0 spiro atoms. The van der Waals surface area contributed by atoms with E-state index in [4.69, 9.17) is 5.73 Å². The second kappa shape index (κ2) is 7.04. The molecule has 0 bridgehead atoms. The third-order valence-corrected chi connectivity index (χ3v) is 2.43. The van der Waals surface area contributed by atoms with Crippen molar-refractivity contribution in [3.63, 3.8) is 0 Å². The molecule has 0 radical (unpaired) electrons. The number of amides is 3. The Morgan fingerprint density at radius 1 is 1.53 bits per heavy atom. The van der Waals surface area contributed by atoms with E-state index in [1.165, 1.54) is 0 Å². The molecule has 0 aromatic carbocycles. The van der Waals surface area contributed by atoms with Crippen molar-refractivity contribution < 1.29 is 9.59 Å². The molecule has 0 aliphatic heterocycles. The zero-order chi connectivity index (χ0) is 11.8. The van der Waals surface area contributed by atoms with Crippen LogP contribution >= 0.6 is 0 Å². The largest absolute Gasteiger partial charge is 0.351 e. The second-order valence-corrected chi connectivity index (χ2v) is 3.75. The number of nitrogens with two attached hydrogens (primary N) is 1. The van der Waals surface area contributed by atoms with Crippen LogP contribution in [-0.2, 0) is 4.79 Å². The summed E-state index contributed by atoms with van der Waals surface area (Å²) < 4.78 is 0. The Kier molecular flexibility index (Phi) is 6.42. The molecule has 0 heterocycles. The van der Waals surface area contributed by atoms with Crippen molar-refractivity contribution in [2.24, 2.45) is 17.6 Å². The van der Waals surface area contributed by atoms with Gasteiger partial charge in [-0.3, -0.25) is 10.1 Å². The Hall–Kier alpha value is -1.32. The maximum atomic E-state index is 11.6. The fraction of sp³-hybridized carbons (Fsp3) is 0.636. The SMILES string of the molecule is C=CC[C@@H](C(=O)NC(N)=O)[C@H](C)CCC. The van der Waals surface area contributed by atoms with Gasteiger partial charge >= 0.3 is 6.03 Å². The third kappa shape index (κ3) is 5.20. The first-order valence-corrected chi connectivity index (χ1v) is 5.24. The molecule has 86 valence electrons. The van der Waals surface area contributed by atoms with Crippen molar-refractivity contribution in [3.05, 3.63) is 12.7 Å². The summed E-state index contributed by atoms with van der Waals surface area (Å²) in [6.07, 6.45) is 4.22. The molecule has 0 aliphatic rings. The van der Waals surface area contributed by atoms with Crippen molar-refractivity contribution >= 4 is 11.9 Å². The van der Waals surface area contributed by atoms with E-state index in [0.29, 0.717) is 6.42 Å². The molecule has 4 nitrogen and oxygen atoms in total. The number of hydrogen-bond acceptors (Lipinski definition) is 2. The quantitative estimate of drug-likeness (QED) is 0.659. The van der Waals surface area contributed by atoms with Crippen molar-refractivity contribution in [3.8, 4) is 0 Å². The smallest absolute Gasteiger partial charge is 0.318 e. The number of nitrogens with one attached hydrogen (secondary N) is 1. The van der Waals surface area contributed by atoms with Gasteiger partial charge in [0.15, 0.2) is 0 Å². The molecule has 4 heteroatoms. The molecule has 2 atom stereocenters. The van der Waals surface area contributed by atoms with E-state index >= 15 is 0 Å². The van der Waals surface area contributed by atoms with Gasteiger partial charge in [0.1, 0.15) is 0 Å². The Labute approximate surface area is 90.9 Å². The molecule has 0 aromatic rings. The van der Waals surface area contributed by atoms with Crippen molar-refractivity contribution in [2.75, 3.05) is 0 Å². The molecule has 0 saturated heterocycles. The first kappa shape index (κ1) is 13.7. The second-order valence-electron chi connectivity index (χ2n) is 3.75. The number of carbonyl (C=O) groups excluding carboxylic acids is 2. The standard InChI is InChI=1S/C11H20N2O2/c1-4-6-8(3)9(7-5-2)10(14)13-11(12)15/h5,8-9H,2,4,6-7H2,1,3H3,(H3,12,13,14,15)/t8-,9-/m1/s1. The monoisotopic (exact) mass is 212 g/mol. The molecule has 0 aromatic heterocycles. The van der Waals surface area contributed by atoms with E-state index in [-0.39, 0.29) is 17.7 Å². The van der Waals surface area contributed by atoms with Gasteiger partial charge in [0.2, 0.25) is 5.91 Å². The fourth-order valence-corrected chi connectivity index (χ4v) is 1.65. The molecule has 0 fully saturated rings. The number of hydrogen-bond donors (Lipinski definition) is 2. The van der Waals surface area contributed by atoms with Gasteiger partial charge in [0, 0.05) is 5.92 Å². The molecule has 0 unspecified atom stereocenters. The summed E-state index contributed by atoms with van der Waals surface area (Å²) >= 11 is 0. The summed E-state index contributed by atoms with van der Waals surface area (Å²) in [6, 6.07) is -0.794. The first-order valence-electron chi connectivity index (χ1n) is 5.24. The molecule has 0 aliphatic carbocycles. The minimum atomic E-state index is -0.794. The summed E-state index contributed by atoms with van der Waals surface area (Å²) in [6.45, 7) is 7.67. The van der Waals surface area contributed by atoms with Gasteiger partial charge in [-0.1, -0.05) is 32.8 Å². The van der Waals surface area contributed by atoms with E-state index in [2.05, 4.69) is 18.8 Å². The maximum Gasteiger partial charge on any atom is 0.318 e. The summed E-state index contributed by atoms with van der Waals surface area (Å²) in [5.41, 5.74) is 4.90. The third-order valence-electron chi connectivity index (χ3n) is 2.43. The topological polar surface area (TPSA) is 72.2 Å². The molecule has 0 saturated carbocycles. The normalized spacial score (nSPS) is 14.0. The fourth-order valence-electron chi connectivity index (χ4n) is 1.65. The van der Waals surface area contributed by atoms with Crippen LogP contribution < -0.4 is 11.1 Å². The first-order chi connectivity index (χ1) is 7.02. The lowest BCUT2D eigenvalue weighted by molar-refractivity contribution is -0.125. The lowest BCUT2D eigenvalue weighted by Gasteiger charge is -2.20. The molecular formula is C11H20N2O2. The van der Waals surface area contributed by atoms with Crippen LogP contribution in [0.3, 0.4) is 0 Å². The highest BCUT2D eigenvalue weighted by atomic mass is 16.2. The minimum absolute atomic E-state index is 0.213. The van der Waals surface area contributed by atoms with Gasteiger partial charge in [-0.15, -0.1) is 6.58 Å². The molecule has 3 N–H and O–H groups in total. The van der Waals surface area contributed by atoms with Gasteiger partial charge in [0.25, 0.3) is 0 Å². The summed E-state index contributed by atoms with van der Waals surface area (Å²) in [7, 11) is 0. The van der Waals surface area contributed by atoms with Crippen LogP contribution in [0.15, 0.2) is 12.7 Å². The van der Waals surface area contributed by atoms with Crippen LogP contribution in [0, 0.1) is 11.8 Å². The number of allylic oxidation sites excluding steroid dienone is 1. The molecule has 3 amide bonds. The van der Waals surface area contributed by atoms with E-state index in [0.717, 1.165) is 12.8 Å². The molecule has 15 heavy (non-hydrogen) atoms. The number of carbonyl (C=O) groups is 2. The number of urea groups is 1. The van der Waals surface area contributed by atoms with Gasteiger partial charge < -0.3 is 5.73 Å². The Bertz CT molecular complexity index is 239. The summed E-state index contributed by atoms with van der Waals surface area (Å²) in [5.74, 6) is -0.286. The van der Waals surface area contributed by atoms with Crippen molar-refractivity contribution in [1.82, 2.24) is 5.32 Å². The molecule has 0 rings (SSSR count). The van der Waals surface area contributed by atoms with E-state index < -0.39 is 6.03 Å². The summed E-state index contributed by atoms with van der Waals surface area (Å²) in [4.78, 5) is 22.2. The highest BCUT2D eigenvalue weighted by Gasteiger charge is 2.23. The maximum absolute atomic E-state index is 11.6. The van der Waals surface area contributed by atoms with Crippen LogP contribution in [0.5, 0.6) is 0 Å². The van der Waals surface area contributed by atoms with Crippen LogP contribution in [-0.4, -0.2) is 11.9 Å². The van der Waals surface area contributed by atoms with Crippen molar-refractivity contribution in [2.45, 2.75) is 33.1 Å². The Morgan fingerprint density at radius 3 is 2.53 bits per heavy atom. The van der Waals surface area contributed by atoms with E-state index in [1.807, 2.05) is 6.92 Å². The zero-order valence-corrected chi connectivity index (χ0v) is 9.45. The highest BCUT2D eigenvalue weighted by molar-refractivity contribution is 5.94. The Morgan fingerprint density at radius 2 is 2.13 bits per heavy atom. The number of rotatable bonds is 6. The number of imide groups is 1. The van der Waals surface area contributed by atoms with Crippen LogP contribution in [0.2, 0.25) is 0 Å². The van der Waals surface area contributed by atoms with E-state index in [9.17, 15) is 9.59 Å².